The molecule has 7 rings (SSSR count). The number of aliphatic hydroxyl groups excluding tert-OH is 2. The minimum Gasteiger partial charge on any atom is -0.488 e. The zero-order valence-corrected chi connectivity index (χ0v) is 29.0. The highest BCUT2D eigenvalue weighted by Crippen LogP contribution is 2.42. The minimum absolute atomic E-state index is 0.0174. The summed E-state index contributed by atoms with van der Waals surface area (Å²) >= 11 is 2.68. The quantitative estimate of drug-likeness (QED) is 0.148. The Morgan fingerprint density at radius 1 is 0.604 bits per heavy atom. The van der Waals surface area contributed by atoms with Crippen molar-refractivity contribution >= 4 is 54.8 Å². The van der Waals surface area contributed by atoms with Gasteiger partial charge >= 0.3 is 11.9 Å². The van der Waals surface area contributed by atoms with Crippen LogP contribution in [-0.2, 0) is 18.0 Å². The molecule has 8 nitrogen and oxygen atoms in total. The molecule has 0 bridgehead atoms. The van der Waals surface area contributed by atoms with Crippen LogP contribution >= 0.6 is 22.7 Å². The summed E-state index contributed by atoms with van der Waals surface area (Å²) in [4.78, 5) is 25.3. The summed E-state index contributed by atoms with van der Waals surface area (Å²) in [5, 5.41) is 29.9. The first-order valence-electron chi connectivity index (χ1n) is 17.5. The van der Waals surface area contributed by atoms with Gasteiger partial charge in [-0.1, -0.05) is 31.4 Å². The van der Waals surface area contributed by atoms with E-state index in [0.717, 1.165) is 95.5 Å². The maximum atomic E-state index is 13.0. The Balaban J connectivity index is 0.000000173. The highest BCUT2D eigenvalue weighted by atomic mass is 32.1. The molecule has 2 aromatic heterocycles. The van der Waals surface area contributed by atoms with Crippen molar-refractivity contribution in [2.75, 3.05) is 0 Å². The fourth-order valence-electron chi connectivity index (χ4n) is 7.04. The zero-order valence-electron chi connectivity index (χ0n) is 27.4. The number of fused-ring (bicyclic) bond motifs is 2. The van der Waals surface area contributed by atoms with Gasteiger partial charge in [0.15, 0.2) is 21.3 Å². The Morgan fingerprint density at radius 3 is 1.46 bits per heavy atom. The van der Waals surface area contributed by atoms with Crippen LogP contribution < -0.4 is 9.47 Å². The van der Waals surface area contributed by atoms with Crippen molar-refractivity contribution in [1.29, 1.82) is 0 Å². The second kappa shape index (κ2) is 16.5. The summed E-state index contributed by atoms with van der Waals surface area (Å²) in [6.07, 6.45) is 16.9. The molecule has 0 aliphatic heterocycles. The molecule has 48 heavy (non-hydrogen) atoms. The van der Waals surface area contributed by atoms with E-state index >= 15 is 0 Å². The van der Waals surface area contributed by atoms with E-state index < -0.39 is 5.97 Å². The van der Waals surface area contributed by atoms with Crippen LogP contribution in [0.5, 0.6) is 11.5 Å². The molecule has 0 radical (unpaired) electrons. The minimum atomic E-state index is -0.951. The molecule has 3 aliphatic rings. The van der Waals surface area contributed by atoms with Gasteiger partial charge in [0.2, 0.25) is 0 Å². The monoisotopic (exact) mass is 694 g/mol. The van der Waals surface area contributed by atoms with Crippen molar-refractivity contribution in [2.45, 2.75) is 128 Å². The van der Waals surface area contributed by atoms with Gasteiger partial charge in [0.25, 0.3) is 0 Å². The molecule has 0 unspecified atom stereocenters. The van der Waals surface area contributed by atoms with Crippen LogP contribution in [0, 0.1) is 0 Å². The second-order valence-corrected chi connectivity index (χ2v) is 15.3. The third-order valence-electron chi connectivity index (χ3n) is 9.66. The lowest BCUT2D eigenvalue weighted by atomic mass is 9.97. The summed E-state index contributed by atoms with van der Waals surface area (Å²) < 4.78 is 20.2. The maximum Gasteiger partial charge on any atom is 0.352 e. The molecule has 0 saturated heterocycles. The lowest BCUT2D eigenvalue weighted by molar-refractivity contribution is 0.0210. The standard InChI is InChI=1S/C22H28O4S.C16H18O4S/c23-14-15-11-12-19-18(13-15)20(25-16-7-3-1-4-8-16)21(27-19)22(24)26-17-9-5-2-6-10-17;17-9-10-6-7-13-12(8-10)14(15(21-13)16(18)19)20-11-4-2-1-3-5-11/h11-13,16-17,23H,1-10,14H2;6-8,11,17H,1-5,9H2,(H,18,19). The topological polar surface area (TPSA) is 123 Å². The van der Waals surface area contributed by atoms with E-state index in [1.165, 1.54) is 54.8 Å². The van der Waals surface area contributed by atoms with Gasteiger partial charge in [0, 0.05) is 20.2 Å². The molecular formula is C38H46O8S2. The first-order valence-corrected chi connectivity index (χ1v) is 19.2. The summed E-state index contributed by atoms with van der Waals surface area (Å²) in [5.74, 6) is -0.0604. The average Bonchev–Trinajstić information content (AvgIpc) is 3.67. The summed E-state index contributed by atoms with van der Waals surface area (Å²) in [5.41, 5.74) is 1.60. The van der Waals surface area contributed by atoms with Gasteiger partial charge in [0.1, 0.15) is 6.10 Å². The molecule has 2 aromatic carbocycles. The Morgan fingerprint density at radius 2 is 1.02 bits per heavy atom. The van der Waals surface area contributed by atoms with Crippen LogP contribution in [0.25, 0.3) is 20.2 Å². The number of carboxylic acids is 1. The first kappa shape index (κ1) is 34.7. The molecule has 2 heterocycles. The molecule has 258 valence electrons. The number of aromatic carboxylic acids is 1. The van der Waals surface area contributed by atoms with Gasteiger partial charge in [0.05, 0.1) is 25.4 Å². The average molecular weight is 695 g/mol. The number of aliphatic hydroxyl groups is 2. The van der Waals surface area contributed by atoms with Crippen molar-refractivity contribution < 1.29 is 39.1 Å². The Kier molecular flexibility index (Phi) is 11.9. The predicted molar refractivity (Wildman–Crippen MR) is 190 cm³/mol. The largest absolute Gasteiger partial charge is 0.488 e. The number of hydrogen-bond acceptors (Lipinski definition) is 9. The number of carbonyl (C=O) groups excluding carboxylic acids is 1. The number of esters is 1. The van der Waals surface area contributed by atoms with Crippen LogP contribution in [0.3, 0.4) is 0 Å². The smallest absolute Gasteiger partial charge is 0.352 e. The third kappa shape index (κ3) is 8.33. The third-order valence-corrected chi connectivity index (χ3v) is 11.9. The van der Waals surface area contributed by atoms with Crippen molar-refractivity contribution in [2.24, 2.45) is 0 Å². The molecule has 3 N–H and O–H groups in total. The molecule has 10 heteroatoms. The van der Waals surface area contributed by atoms with Gasteiger partial charge in [-0.15, -0.1) is 22.7 Å². The lowest BCUT2D eigenvalue weighted by Crippen LogP contribution is -2.23. The SMILES string of the molecule is O=C(O)c1sc2ccc(CO)cc2c1OC1CCCCC1.O=C(OC1CCCCC1)c1sc2ccc(CO)cc2c1OC1CCCCC1. The van der Waals surface area contributed by atoms with E-state index in [0.29, 0.717) is 16.4 Å². The molecule has 0 amide bonds. The number of benzene rings is 2. The Bertz CT molecular complexity index is 1690. The van der Waals surface area contributed by atoms with E-state index in [1.807, 2.05) is 36.4 Å². The highest BCUT2D eigenvalue weighted by molar-refractivity contribution is 7.21. The first-order chi connectivity index (χ1) is 23.4. The maximum absolute atomic E-state index is 13.0. The summed E-state index contributed by atoms with van der Waals surface area (Å²) in [6.45, 7) is -0.0758. The van der Waals surface area contributed by atoms with E-state index in [9.17, 15) is 24.9 Å². The van der Waals surface area contributed by atoms with Crippen LogP contribution in [0.4, 0.5) is 0 Å². The summed E-state index contributed by atoms with van der Waals surface area (Å²) in [7, 11) is 0. The number of carbonyl (C=O) groups is 2. The van der Waals surface area contributed by atoms with Gasteiger partial charge < -0.3 is 29.5 Å². The van der Waals surface area contributed by atoms with Gasteiger partial charge in [-0.25, -0.2) is 9.59 Å². The van der Waals surface area contributed by atoms with Crippen LogP contribution in [0.1, 0.15) is 127 Å². The van der Waals surface area contributed by atoms with E-state index in [1.54, 1.807) is 0 Å². The molecular weight excluding hydrogens is 649 g/mol. The van der Waals surface area contributed by atoms with Gasteiger partial charge in [-0.3, -0.25) is 0 Å². The van der Waals surface area contributed by atoms with Gasteiger partial charge in [-0.05, 0) is 112 Å². The molecule has 3 aliphatic carbocycles. The van der Waals surface area contributed by atoms with Crippen molar-refractivity contribution in [3.63, 3.8) is 0 Å². The molecule has 0 atom stereocenters. The number of ether oxygens (including phenoxy) is 3. The Labute approximate surface area is 289 Å². The Hall–Kier alpha value is -3.18. The van der Waals surface area contributed by atoms with Crippen LogP contribution in [0.15, 0.2) is 36.4 Å². The van der Waals surface area contributed by atoms with Crippen molar-refractivity contribution in [3.05, 3.63) is 57.3 Å². The highest BCUT2D eigenvalue weighted by Gasteiger charge is 2.28. The van der Waals surface area contributed by atoms with Crippen LogP contribution in [-0.4, -0.2) is 45.6 Å². The number of hydrogen-bond donors (Lipinski definition) is 3. The number of rotatable bonds is 9. The molecule has 3 fully saturated rings. The second-order valence-electron chi connectivity index (χ2n) is 13.2. The van der Waals surface area contributed by atoms with Crippen molar-refractivity contribution in [3.8, 4) is 11.5 Å². The molecule has 3 saturated carbocycles. The fraction of sp³-hybridized carbons (Fsp3) is 0.526. The van der Waals surface area contributed by atoms with E-state index in [2.05, 4.69) is 0 Å². The fourth-order valence-corrected chi connectivity index (χ4v) is 8.99. The lowest BCUT2D eigenvalue weighted by Gasteiger charge is -2.24. The van der Waals surface area contributed by atoms with Crippen LogP contribution in [0.2, 0.25) is 0 Å². The zero-order chi connectivity index (χ0) is 33.5. The van der Waals surface area contributed by atoms with Crippen molar-refractivity contribution in [1.82, 2.24) is 0 Å². The molecule has 4 aromatic rings. The van der Waals surface area contributed by atoms with E-state index in [-0.39, 0.29) is 42.4 Å². The molecule has 0 spiro atoms. The number of thiophene rings is 2. The van der Waals surface area contributed by atoms with Gasteiger partial charge in [-0.2, -0.15) is 0 Å². The predicted octanol–water partition coefficient (Wildman–Crippen LogP) is 9.40. The number of carboxylic acid groups (broad SMARTS) is 1. The summed E-state index contributed by atoms with van der Waals surface area (Å²) in [6, 6.07) is 11.3. The van der Waals surface area contributed by atoms with E-state index in [4.69, 9.17) is 14.2 Å². The normalized spacial score (nSPS) is 18.0.